The molecule has 2 N–H and O–H groups in total. The van der Waals surface area contributed by atoms with Gasteiger partial charge in [0.2, 0.25) is 0 Å². The van der Waals surface area contributed by atoms with Gasteiger partial charge in [-0.1, -0.05) is 31.7 Å². The molecular weight excluding hydrogens is 468 g/mol. The minimum absolute atomic E-state index is 0.207. The summed E-state index contributed by atoms with van der Waals surface area (Å²) in [5, 5.41) is 0.547. The van der Waals surface area contributed by atoms with Crippen LogP contribution in [0.15, 0.2) is 43.0 Å². The summed E-state index contributed by atoms with van der Waals surface area (Å²) in [6, 6.07) is 4.10. The van der Waals surface area contributed by atoms with Gasteiger partial charge in [0.25, 0.3) is 0 Å². The average molecular weight is 494 g/mol. The van der Waals surface area contributed by atoms with Crippen LogP contribution in [0.5, 0.6) is 0 Å². The smallest absolute Gasteiger partial charge is 0.198 e. The molecule has 0 aliphatic heterocycles. The van der Waals surface area contributed by atoms with Crippen molar-refractivity contribution in [1.82, 2.24) is 19.9 Å². The van der Waals surface area contributed by atoms with Crippen LogP contribution in [-0.2, 0) is 0 Å². The molecule has 1 aliphatic carbocycles. The number of benzene rings is 1. The van der Waals surface area contributed by atoms with Crippen molar-refractivity contribution >= 4 is 34.5 Å². The summed E-state index contributed by atoms with van der Waals surface area (Å²) in [7, 11) is 0. The van der Waals surface area contributed by atoms with Crippen LogP contribution in [0.1, 0.15) is 66.7 Å². The number of ketones is 1. The van der Waals surface area contributed by atoms with E-state index in [1.54, 1.807) is 18.6 Å². The number of aromatic nitrogens is 4. The second kappa shape index (κ2) is 10.1. The quantitative estimate of drug-likeness (QED) is 0.162. The second-order valence-corrected chi connectivity index (χ2v) is 9.60. The van der Waals surface area contributed by atoms with Gasteiger partial charge < -0.3 is 9.71 Å². The molecule has 0 radical (unpaired) electrons. The number of hydrogen-bond donors (Lipinski definition) is 2. The molecule has 1 aliphatic rings. The maximum Gasteiger partial charge on any atom is 0.198 e. The standard InChI is InChI=1S/C26H25F2N5OS/c1-2-9-35-33-23-21(27)8-7-18(22(23)28)24(34)20-14-32-26-19(20)10-16(11-31-26)17-12-29-25(30-13-17)15-5-3-4-6-15/h7-8,10-15,33H,2-6,9H2,1H3,(H,31,32). The van der Waals surface area contributed by atoms with Crippen molar-refractivity contribution in [3.63, 3.8) is 0 Å². The van der Waals surface area contributed by atoms with E-state index in [4.69, 9.17) is 0 Å². The van der Waals surface area contributed by atoms with Gasteiger partial charge in [-0.15, -0.1) is 0 Å². The number of carbonyl (C=O) groups excluding carboxylic acids is 1. The van der Waals surface area contributed by atoms with Crippen molar-refractivity contribution in [1.29, 1.82) is 0 Å². The van der Waals surface area contributed by atoms with Crippen molar-refractivity contribution in [2.45, 2.75) is 44.9 Å². The van der Waals surface area contributed by atoms with Crippen LogP contribution in [0.25, 0.3) is 22.2 Å². The third-order valence-corrected chi connectivity index (χ3v) is 7.28. The summed E-state index contributed by atoms with van der Waals surface area (Å²) in [5.41, 5.74) is 1.78. The van der Waals surface area contributed by atoms with Gasteiger partial charge in [0.15, 0.2) is 11.6 Å². The zero-order valence-corrected chi connectivity index (χ0v) is 20.1. The minimum atomic E-state index is -0.909. The van der Waals surface area contributed by atoms with Crippen molar-refractivity contribution < 1.29 is 13.6 Å². The normalized spacial score (nSPS) is 14.0. The summed E-state index contributed by atoms with van der Waals surface area (Å²) >= 11 is 1.19. The molecule has 1 saturated carbocycles. The summed E-state index contributed by atoms with van der Waals surface area (Å²) in [4.78, 5) is 29.8. The fourth-order valence-electron chi connectivity index (χ4n) is 4.42. The van der Waals surface area contributed by atoms with Gasteiger partial charge in [-0.25, -0.2) is 23.7 Å². The Bertz CT molecular complexity index is 1370. The topological polar surface area (TPSA) is 83.6 Å². The highest BCUT2D eigenvalue weighted by molar-refractivity contribution is 8.00. The van der Waals surface area contributed by atoms with E-state index in [0.717, 1.165) is 42.3 Å². The Morgan fingerprint density at radius 1 is 1.09 bits per heavy atom. The van der Waals surface area contributed by atoms with Crippen LogP contribution in [0.3, 0.4) is 0 Å². The Balaban J connectivity index is 1.46. The fourth-order valence-corrected chi connectivity index (χ4v) is 5.06. The van der Waals surface area contributed by atoms with Crippen molar-refractivity contribution in [2.75, 3.05) is 10.5 Å². The molecule has 0 saturated heterocycles. The molecule has 5 rings (SSSR count). The van der Waals surface area contributed by atoms with E-state index >= 15 is 4.39 Å². The van der Waals surface area contributed by atoms with Crippen molar-refractivity contribution in [2.24, 2.45) is 0 Å². The van der Waals surface area contributed by atoms with Gasteiger partial charge in [0, 0.05) is 58.5 Å². The third-order valence-electron chi connectivity index (χ3n) is 6.32. The van der Waals surface area contributed by atoms with Crippen LogP contribution in [-0.4, -0.2) is 31.5 Å². The second-order valence-electron chi connectivity index (χ2n) is 8.70. The van der Waals surface area contributed by atoms with Gasteiger partial charge in [-0.3, -0.25) is 4.79 Å². The van der Waals surface area contributed by atoms with E-state index in [1.165, 1.54) is 37.1 Å². The number of rotatable bonds is 8. The highest BCUT2D eigenvalue weighted by Crippen LogP contribution is 2.33. The number of H-pyrrole nitrogens is 1. The van der Waals surface area contributed by atoms with E-state index in [1.807, 2.05) is 13.0 Å². The molecule has 3 heterocycles. The van der Waals surface area contributed by atoms with E-state index in [2.05, 4.69) is 24.7 Å². The SMILES string of the molecule is CCCSNc1c(F)ccc(C(=O)c2c[nH]c3ncc(-c4cnc(C5CCCC5)nc4)cc23)c1F. The molecule has 3 aromatic heterocycles. The summed E-state index contributed by atoms with van der Waals surface area (Å²) < 4.78 is 32.1. The first-order valence-corrected chi connectivity index (χ1v) is 12.7. The minimum Gasteiger partial charge on any atom is -0.345 e. The zero-order chi connectivity index (χ0) is 24.4. The first kappa shape index (κ1) is 23.4. The van der Waals surface area contributed by atoms with Crippen molar-refractivity contribution in [3.05, 3.63) is 71.6 Å². The first-order chi connectivity index (χ1) is 17.1. The molecule has 0 spiro atoms. The van der Waals surface area contributed by atoms with Gasteiger partial charge in [-0.2, -0.15) is 0 Å². The molecule has 1 aromatic carbocycles. The lowest BCUT2D eigenvalue weighted by molar-refractivity contribution is 0.103. The molecule has 6 nitrogen and oxygen atoms in total. The molecule has 9 heteroatoms. The van der Waals surface area contributed by atoms with Crippen molar-refractivity contribution in [3.8, 4) is 11.1 Å². The van der Waals surface area contributed by atoms with Gasteiger partial charge in [0.05, 0.1) is 5.56 Å². The molecule has 35 heavy (non-hydrogen) atoms. The largest absolute Gasteiger partial charge is 0.345 e. The van der Waals surface area contributed by atoms with Crippen LogP contribution in [0, 0.1) is 11.6 Å². The van der Waals surface area contributed by atoms with Crippen LogP contribution in [0.4, 0.5) is 14.5 Å². The molecule has 4 aromatic rings. The lowest BCUT2D eigenvalue weighted by Crippen LogP contribution is -2.07. The summed E-state index contributed by atoms with van der Waals surface area (Å²) in [5.74, 6) is -0.238. The highest BCUT2D eigenvalue weighted by atomic mass is 32.2. The monoisotopic (exact) mass is 493 g/mol. The predicted molar refractivity (Wildman–Crippen MR) is 134 cm³/mol. The lowest BCUT2D eigenvalue weighted by Gasteiger charge is -2.10. The first-order valence-electron chi connectivity index (χ1n) is 11.8. The Kier molecular flexibility index (Phi) is 6.77. The number of nitrogens with one attached hydrogen (secondary N) is 2. The molecule has 0 bridgehead atoms. The van der Waals surface area contributed by atoms with Gasteiger partial charge in [0.1, 0.15) is 23.0 Å². The van der Waals surface area contributed by atoms with E-state index in [-0.39, 0.29) is 16.8 Å². The van der Waals surface area contributed by atoms with Crippen LogP contribution >= 0.6 is 11.9 Å². The fraction of sp³-hybridized carbons (Fsp3) is 0.308. The number of pyridine rings is 1. The number of aromatic amines is 1. The number of halogens is 2. The molecule has 0 atom stereocenters. The maximum atomic E-state index is 15.1. The lowest BCUT2D eigenvalue weighted by atomic mass is 10.0. The third kappa shape index (κ3) is 4.65. The zero-order valence-electron chi connectivity index (χ0n) is 19.3. The van der Waals surface area contributed by atoms with E-state index in [9.17, 15) is 9.18 Å². The molecule has 1 fully saturated rings. The van der Waals surface area contributed by atoms with E-state index < -0.39 is 17.4 Å². The number of nitrogens with zero attached hydrogens (tertiary/aromatic N) is 3. The number of fused-ring (bicyclic) bond motifs is 1. The Labute approximate surface area is 206 Å². The molecule has 0 unspecified atom stereocenters. The summed E-state index contributed by atoms with van der Waals surface area (Å²) in [6.07, 6.45) is 12.3. The predicted octanol–water partition coefficient (Wildman–Crippen LogP) is 6.66. The van der Waals surface area contributed by atoms with E-state index in [0.29, 0.717) is 22.7 Å². The number of hydrogen-bond acceptors (Lipinski definition) is 6. The Hall–Kier alpha value is -3.33. The summed E-state index contributed by atoms with van der Waals surface area (Å²) in [6.45, 7) is 1.97. The van der Waals surface area contributed by atoms with Crippen LogP contribution < -0.4 is 4.72 Å². The average Bonchev–Trinajstić information content (AvgIpc) is 3.56. The number of anilines is 1. The molecule has 0 amide bonds. The maximum absolute atomic E-state index is 15.1. The number of carbonyl (C=O) groups is 1. The molecule has 180 valence electrons. The van der Waals surface area contributed by atoms with Gasteiger partial charge in [-0.05, 0) is 37.5 Å². The highest BCUT2D eigenvalue weighted by Gasteiger charge is 2.23. The van der Waals surface area contributed by atoms with Crippen LogP contribution in [0.2, 0.25) is 0 Å². The molecular formula is C26H25F2N5OS. The Morgan fingerprint density at radius 2 is 1.83 bits per heavy atom. The van der Waals surface area contributed by atoms with Gasteiger partial charge >= 0.3 is 0 Å². The Morgan fingerprint density at radius 3 is 2.57 bits per heavy atom.